The van der Waals surface area contributed by atoms with E-state index in [1.807, 2.05) is 0 Å². The first-order chi connectivity index (χ1) is 36.5. The maximum Gasteiger partial charge on any atom is 0.205 e. The van der Waals surface area contributed by atoms with Crippen molar-refractivity contribution in [3.05, 3.63) is 120 Å². The van der Waals surface area contributed by atoms with E-state index >= 15 is 0 Å². The van der Waals surface area contributed by atoms with Crippen LogP contribution in [0.4, 0.5) is 17.1 Å². The van der Waals surface area contributed by atoms with Gasteiger partial charge in [0, 0.05) is 54.5 Å². The Labute approximate surface area is 454 Å². The normalized spacial score (nSPS) is 15.4. The number of aliphatic hydroxyl groups is 1. The number of allylic oxidation sites excluding steroid dienone is 6. The lowest BCUT2D eigenvalue weighted by Gasteiger charge is -2.32. The minimum Gasteiger partial charge on any atom is -0.511 e. The van der Waals surface area contributed by atoms with Gasteiger partial charge < -0.3 is 10.0 Å². The molecular weight excluding hydrogens is 901 g/mol. The molecule has 3 aromatic carbocycles. The molecule has 0 saturated carbocycles. The van der Waals surface area contributed by atoms with Gasteiger partial charge in [-0.2, -0.15) is 4.58 Å². The van der Waals surface area contributed by atoms with Gasteiger partial charge in [-0.3, -0.25) is 4.79 Å². The zero-order chi connectivity index (χ0) is 52.3. The lowest BCUT2D eigenvalue weighted by Crippen LogP contribution is -2.35. The van der Waals surface area contributed by atoms with Gasteiger partial charge >= 0.3 is 0 Å². The van der Waals surface area contributed by atoms with Crippen LogP contribution in [0.3, 0.4) is 0 Å². The number of rotatable bonds is 43. The van der Waals surface area contributed by atoms with Crippen LogP contribution in [0.2, 0.25) is 0 Å². The molecule has 0 amide bonds. The van der Waals surface area contributed by atoms with Gasteiger partial charge in [-0.25, -0.2) is 0 Å². The summed E-state index contributed by atoms with van der Waals surface area (Å²) in [7, 11) is 0. The zero-order valence-electron chi connectivity index (χ0n) is 48.0. The molecule has 2 aliphatic carbocycles. The Bertz CT molecular complexity index is 2060. The SMILES string of the molecule is CCCCCCCCCCCN(c1ccc(CCCCCCCCCC)cc1)c1ccc(C2=C(O)C(C3C=CC(=[N+](CCCCCCCCCCC)c4ccc(CCCCCCCCCC)cc4)C=C3)C2=O)cc1. The topological polar surface area (TPSA) is 43.5 Å². The Morgan fingerprint density at radius 1 is 0.432 bits per heavy atom. The summed E-state index contributed by atoms with van der Waals surface area (Å²) in [6.07, 6.45) is 56.1. The maximum absolute atomic E-state index is 14.0. The van der Waals surface area contributed by atoms with Crippen LogP contribution in [0.1, 0.15) is 263 Å². The summed E-state index contributed by atoms with van der Waals surface area (Å²) in [4.78, 5) is 16.5. The summed E-state index contributed by atoms with van der Waals surface area (Å²) in [6.45, 7) is 11.1. The van der Waals surface area contributed by atoms with E-state index < -0.39 is 5.92 Å². The van der Waals surface area contributed by atoms with Crippen molar-refractivity contribution >= 4 is 34.1 Å². The van der Waals surface area contributed by atoms with E-state index in [4.69, 9.17) is 0 Å². The molecule has 0 bridgehead atoms. The quantitative estimate of drug-likeness (QED) is 0.0454. The highest BCUT2D eigenvalue weighted by Crippen LogP contribution is 2.43. The molecule has 0 heterocycles. The average molecular weight is 1010 g/mol. The Morgan fingerprint density at radius 3 is 1.22 bits per heavy atom. The molecule has 1 unspecified atom stereocenters. The number of carbonyl (C=O) groups is 1. The molecule has 0 aromatic heterocycles. The molecule has 408 valence electrons. The van der Waals surface area contributed by atoms with Crippen LogP contribution in [0.15, 0.2) is 103 Å². The van der Waals surface area contributed by atoms with Crippen LogP contribution in [-0.2, 0) is 17.6 Å². The number of carbonyl (C=O) groups excluding carboxylic acids is 1. The predicted octanol–water partition coefficient (Wildman–Crippen LogP) is 21.2. The first kappa shape index (κ1) is 60.7. The number of hydrogen-bond donors (Lipinski definition) is 1. The van der Waals surface area contributed by atoms with E-state index in [0.29, 0.717) is 5.57 Å². The van der Waals surface area contributed by atoms with Crippen molar-refractivity contribution in [1.82, 2.24) is 0 Å². The van der Waals surface area contributed by atoms with Gasteiger partial charge in [0.2, 0.25) is 11.4 Å². The Balaban J connectivity index is 1.22. The lowest BCUT2D eigenvalue weighted by atomic mass is 9.71. The molecule has 4 heteroatoms. The van der Waals surface area contributed by atoms with Crippen molar-refractivity contribution < 1.29 is 14.5 Å². The summed E-state index contributed by atoms with van der Waals surface area (Å²) in [5.41, 5.74) is 8.90. The molecule has 4 nitrogen and oxygen atoms in total. The standard InChI is InChI=1S/C70H106N2O2/c1-5-9-13-17-21-25-29-33-37-57-71(63-49-41-59(42-50-63)39-35-31-27-23-19-15-11-7-3)65-53-45-61(46-54-65)67-69(73)68(70(67)74)62-47-55-66(56-48-62)72(58-38-34-30-26-22-18-14-10-6-2)64-51-43-60(44-52-64)40-36-32-28-24-20-16-12-8-4/h41-56,61,67H,5-40,57-58H2,1-4H3/p+1. The highest BCUT2D eigenvalue weighted by atomic mass is 16.3. The molecular formula is C70H107N2O2+. The molecule has 0 fully saturated rings. The number of benzene rings is 3. The third kappa shape index (κ3) is 21.8. The van der Waals surface area contributed by atoms with Crippen molar-refractivity contribution in [3.8, 4) is 0 Å². The van der Waals surface area contributed by atoms with Gasteiger partial charge in [0.1, 0.15) is 12.3 Å². The van der Waals surface area contributed by atoms with Crippen LogP contribution >= 0.6 is 0 Å². The van der Waals surface area contributed by atoms with Gasteiger partial charge in [0.05, 0.1) is 11.5 Å². The third-order valence-corrected chi connectivity index (χ3v) is 16.3. The fourth-order valence-corrected chi connectivity index (χ4v) is 11.5. The molecule has 0 aliphatic heterocycles. The van der Waals surface area contributed by atoms with Gasteiger partial charge in [-0.1, -0.05) is 262 Å². The number of aliphatic hydroxyl groups excluding tert-OH is 1. The summed E-state index contributed by atoms with van der Waals surface area (Å²) < 4.78 is 2.47. The minimum atomic E-state index is -0.535. The van der Waals surface area contributed by atoms with E-state index in [2.05, 4.69) is 134 Å². The molecule has 0 spiro atoms. The van der Waals surface area contributed by atoms with E-state index in [1.165, 1.54) is 228 Å². The Kier molecular flexibility index (Phi) is 30.8. The second-order valence-corrected chi connectivity index (χ2v) is 22.6. The number of hydrogen-bond acceptors (Lipinski definition) is 3. The van der Waals surface area contributed by atoms with Crippen molar-refractivity contribution in [1.29, 1.82) is 0 Å². The van der Waals surface area contributed by atoms with Crippen molar-refractivity contribution in [2.75, 3.05) is 18.0 Å². The highest BCUT2D eigenvalue weighted by Gasteiger charge is 2.44. The van der Waals surface area contributed by atoms with Crippen LogP contribution in [0, 0.1) is 11.8 Å². The zero-order valence-corrected chi connectivity index (χ0v) is 48.0. The van der Waals surface area contributed by atoms with Crippen LogP contribution in [0.5, 0.6) is 0 Å². The second-order valence-electron chi connectivity index (χ2n) is 22.6. The van der Waals surface area contributed by atoms with Crippen molar-refractivity contribution in [3.63, 3.8) is 0 Å². The molecule has 3 aromatic rings. The van der Waals surface area contributed by atoms with E-state index in [-0.39, 0.29) is 17.5 Å². The predicted molar refractivity (Wildman–Crippen MR) is 323 cm³/mol. The number of unbranched alkanes of at least 4 members (excludes halogenated alkanes) is 30. The molecule has 1 N–H and O–H groups in total. The Hall–Kier alpha value is -4.18. The summed E-state index contributed by atoms with van der Waals surface area (Å²) >= 11 is 0. The highest BCUT2D eigenvalue weighted by molar-refractivity contribution is 6.30. The Morgan fingerprint density at radius 2 is 0.797 bits per heavy atom. The number of ketones is 1. The first-order valence-electron chi connectivity index (χ1n) is 31.5. The van der Waals surface area contributed by atoms with Gasteiger partial charge in [-0.15, -0.1) is 0 Å². The van der Waals surface area contributed by atoms with Gasteiger partial charge in [-0.05, 0) is 79.5 Å². The average Bonchev–Trinajstić information content (AvgIpc) is 3.42. The molecule has 0 saturated heterocycles. The van der Waals surface area contributed by atoms with E-state index in [1.54, 1.807) is 0 Å². The number of anilines is 2. The van der Waals surface area contributed by atoms with Crippen molar-refractivity contribution in [2.45, 2.75) is 259 Å². The molecule has 5 rings (SSSR count). The minimum absolute atomic E-state index is 0.0373. The van der Waals surface area contributed by atoms with Gasteiger partial charge in [0.25, 0.3) is 0 Å². The van der Waals surface area contributed by atoms with Crippen molar-refractivity contribution in [2.24, 2.45) is 11.8 Å². The van der Waals surface area contributed by atoms with Crippen LogP contribution in [-0.4, -0.2) is 34.3 Å². The third-order valence-electron chi connectivity index (χ3n) is 16.3. The molecule has 0 radical (unpaired) electrons. The summed E-state index contributed by atoms with van der Waals surface area (Å²) in [5.74, 6) is -0.436. The number of nitrogens with zero attached hydrogens (tertiary/aromatic N) is 2. The fourth-order valence-electron chi connectivity index (χ4n) is 11.5. The van der Waals surface area contributed by atoms with E-state index in [9.17, 15) is 9.90 Å². The van der Waals surface area contributed by atoms with Gasteiger partial charge in [0.15, 0.2) is 5.78 Å². The summed E-state index contributed by atoms with van der Waals surface area (Å²) in [5, 5.41) is 11.6. The smallest absolute Gasteiger partial charge is 0.205 e. The largest absolute Gasteiger partial charge is 0.511 e. The molecule has 2 aliphatic rings. The lowest BCUT2D eigenvalue weighted by molar-refractivity contribution is -0.439. The second kappa shape index (κ2) is 37.5. The first-order valence-corrected chi connectivity index (χ1v) is 31.5. The monoisotopic (exact) mass is 1010 g/mol. The van der Waals surface area contributed by atoms with Crippen LogP contribution < -0.4 is 4.90 Å². The number of aryl methyl sites for hydroxylation is 2. The van der Waals surface area contributed by atoms with Crippen LogP contribution in [0.25, 0.3) is 5.57 Å². The molecule has 74 heavy (non-hydrogen) atoms. The maximum atomic E-state index is 14.0. The fraction of sp³-hybridized carbons (Fsp3) is 0.629. The summed E-state index contributed by atoms with van der Waals surface area (Å²) in [6, 6.07) is 27.1. The van der Waals surface area contributed by atoms with E-state index in [0.717, 1.165) is 55.7 Å². The molecule has 1 atom stereocenters. The number of Topliss-reactive ketones (excluding diaryl/α,β-unsaturated/α-hetero) is 1.